The number of rotatable bonds is 7. The molecule has 1 atom stereocenters. The van der Waals surface area contributed by atoms with Crippen molar-refractivity contribution in [2.24, 2.45) is 0 Å². The molecular formula is C26H23N5O2. The number of nitrogens with one attached hydrogen (secondary N) is 1. The summed E-state index contributed by atoms with van der Waals surface area (Å²) < 4.78 is 8.00. The van der Waals surface area contributed by atoms with Gasteiger partial charge in [-0.05, 0) is 19.1 Å². The fourth-order valence-electron chi connectivity index (χ4n) is 3.80. The fourth-order valence-corrected chi connectivity index (χ4v) is 3.80. The molecule has 164 valence electrons. The summed E-state index contributed by atoms with van der Waals surface area (Å²) in [6, 6.07) is 25.2. The minimum Gasteiger partial charge on any atom is -0.440 e. The van der Waals surface area contributed by atoms with Gasteiger partial charge in [0.1, 0.15) is 5.69 Å². The average molecular weight is 438 g/mol. The molecule has 0 bridgehead atoms. The van der Waals surface area contributed by atoms with Crippen molar-refractivity contribution < 1.29 is 9.21 Å². The number of benzene rings is 2. The van der Waals surface area contributed by atoms with E-state index in [9.17, 15) is 4.79 Å². The second kappa shape index (κ2) is 9.08. The number of fused-ring (bicyclic) bond motifs is 1. The number of aryl methyl sites for hydroxylation is 1. The Morgan fingerprint density at radius 1 is 0.939 bits per heavy atom. The number of oxazole rings is 1. The molecule has 0 saturated heterocycles. The normalized spacial score (nSPS) is 12.0. The van der Waals surface area contributed by atoms with Crippen LogP contribution in [0.5, 0.6) is 0 Å². The zero-order valence-electron chi connectivity index (χ0n) is 18.2. The topological polar surface area (TPSA) is 85.3 Å². The Morgan fingerprint density at radius 3 is 2.39 bits per heavy atom. The molecule has 1 amide bonds. The number of amides is 1. The van der Waals surface area contributed by atoms with Gasteiger partial charge in [-0.3, -0.25) is 9.20 Å². The van der Waals surface area contributed by atoms with Crippen molar-refractivity contribution in [2.45, 2.75) is 25.8 Å². The van der Waals surface area contributed by atoms with Gasteiger partial charge >= 0.3 is 0 Å². The third kappa shape index (κ3) is 4.39. The molecule has 3 aromatic heterocycles. The van der Waals surface area contributed by atoms with Gasteiger partial charge in [-0.1, -0.05) is 66.7 Å². The van der Waals surface area contributed by atoms with Crippen LogP contribution in [-0.4, -0.2) is 25.5 Å². The number of carbonyl (C=O) groups is 1. The SMILES string of the molecule is CC(NC(=O)CCc1nc(-c2ccccc2)c(-c2ccccc2)o1)c1nnc2ccccn12. The van der Waals surface area contributed by atoms with Crippen molar-refractivity contribution in [3.05, 3.63) is 96.8 Å². The van der Waals surface area contributed by atoms with Crippen LogP contribution in [0.15, 0.2) is 89.5 Å². The molecule has 0 aliphatic rings. The van der Waals surface area contributed by atoms with Gasteiger partial charge < -0.3 is 9.73 Å². The van der Waals surface area contributed by atoms with Crippen molar-refractivity contribution in [1.29, 1.82) is 0 Å². The molecule has 1 unspecified atom stereocenters. The number of hydrogen-bond donors (Lipinski definition) is 1. The fraction of sp³-hybridized carbons (Fsp3) is 0.154. The van der Waals surface area contributed by atoms with Crippen molar-refractivity contribution in [3.8, 4) is 22.6 Å². The first-order chi connectivity index (χ1) is 16.2. The summed E-state index contributed by atoms with van der Waals surface area (Å²) >= 11 is 0. The van der Waals surface area contributed by atoms with E-state index >= 15 is 0 Å². The Morgan fingerprint density at radius 2 is 1.64 bits per heavy atom. The highest BCUT2D eigenvalue weighted by atomic mass is 16.4. The lowest BCUT2D eigenvalue weighted by atomic mass is 10.1. The summed E-state index contributed by atoms with van der Waals surface area (Å²) in [6.07, 6.45) is 2.53. The zero-order valence-corrected chi connectivity index (χ0v) is 18.2. The molecule has 0 saturated carbocycles. The molecule has 2 aromatic carbocycles. The first-order valence-corrected chi connectivity index (χ1v) is 10.9. The molecule has 7 nitrogen and oxygen atoms in total. The van der Waals surface area contributed by atoms with Gasteiger partial charge in [-0.2, -0.15) is 0 Å². The minimum absolute atomic E-state index is 0.101. The predicted molar refractivity (Wildman–Crippen MR) is 125 cm³/mol. The molecule has 0 aliphatic heterocycles. The summed E-state index contributed by atoms with van der Waals surface area (Å²) in [5, 5.41) is 11.4. The standard InChI is InChI=1S/C26H23N5O2/c1-18(26-30-29-21-14-8-9-17-31(21)26)27-22(32)15-16-23-28-24(19-10-4-2-5-11-19)25(33-23)20-12-6-3-7-13-20/h2-14,17-18H,15-16H2,1H3,(H,27,32). The van der Waals surface area contributed by atoms with Crippen LogP contribution >= 0.6 is 0 Å². The molecule has 0 radical (unpaired) electrons. The monoisotopic (exact) mass is 437 g/mol. The van der Waals surface area contributed by atoms with Gasteiger partial charge in [0, 0.05) is 30.2 Å². The molecule has 1 N–H and O–H groups in total. The van der Waals surface area contributed by atoms with Gasteiger partial charge in [0.25, 0.3) is 0 Å². The molecule has 33 heavy (non-hydrogen) atoms. The lowest BCUT2D eigenvalue weighted by Gasteiger charge is -2.11. The van der Waals surface area contributed by atoms with E-state index in [1.54, 1.807) is 0 Å². The Bertz CT molecular complexity index is 1320. The summed E-state index contributed by atoms with van der Waals surface area (Å²) in [7, 11) is 0. The largest absolute Gasteiger partial charge is 0.440 e. The van der Waals surface area contributed by atoms with Crippen LogP contribution in [0.25, 0.3) is 28.2 Å². The minimum atomic E-state index is -0.279. The van der Waals surface area contributed by atoms with Crippen LogP contribution in [0.2, 0.25) is 0 Å². The van der Waals surface area contributed by atoms with E-state index in [0.29, 0.717) is 23.9 Å². The van der Waals surface area contributed by atoms with Crippen LogP contribution < -0.4 is 5.32 Å². The first-order valence-electron chi connectivity index (χ1n) is 10.9. The maximum Gasteiger partial charge on any atom is 0.221 e. The van der Waals surface area contributed by atoms with Crippen LogP contribution in [0.1, 0.15) is 31.1 Å². The third-order valence-electron chi connectivity index (χ3n) is 5.43. The lowest BCUT2D eigenvalue weighted by molar-refractivity contribution is -0.121. The maximum atomic E-state index is 12.7. The lowest BCUT2D eigenvalue weighted by Crippen LogP contribution is -2.28. The highest BCUT2D eigenvalue weighted by Crippen LogP contribution is 2.32. The molecule has 0 aliphatic carbocycles. The van der Waals surface area contributed by atoms with E-state index in [4.69, 9.17) is 9.40 Å². The van der Waals surface area contributed by atoms with E-state index in [0.717, 1.165) is 22.5 Å². The molecule has 3 heterocycles. The zero-order chi connectivity index (χ0) is 22.6. The van der Waals surface area contributed by atoms with Crippen molar-refractivity contribution in [1.82, 2.24) is 24.9 Å². The van der Waals surface area contributed by atoms with Gasteiger partial charge in [0.15, 0.2) is 23.1 Å². The van der Waals surface area contributed by atoms with Crippen LogP contribution in [0.4, 0.5) is 0 Å². The summed E-state index contributed by atoms with van der Waals surface area (Å²) in [5.41, 5.74) is 3.45. The number of nitrogens with zero attached hydrogens (tertiary/aromatic N) is 4. The van der Waals surface area contributed by atoms with E-state index in [1.165, 1.54) is 0 Å². The van der Waals surface area contributed by atoms with Crippen LogP contribution in [0, 0.1) is 0 Å². The Labute approximate surface area is 191 Å². The van der Waals surface area contributed by atoms with Gasteiger partial charge in [-0.15, -0.1) is 10.2 Å². The van der Waals surface area contributed by atoms with E-state index in [-0.39, 0.29) is 18.4 Å². The number of aromatic nitrogens is 4. The molecule has 5 aromatic rings. The van der Waals surface area contributed by atoms with Crippen molar-refractivity contribution >= 4 is 11.6 Å². The van der Waals surface area contributed by atoms with Gasteiger partial charge in [0.2, 0.25) is 5.91 Å². The van der Waals surface area contributed by atoms with Crippen molar-refractivity contribution in [2.75, 3.05) is 0 Å². The van der Waals surface area contributed by atoms with Crippen molar-refractivity contribution in [3.63, 3.8) is 0 Å². The Balaban J connectivity index is 1.31. The quantitative estimate of drug-likeness (QED) is 0.393. The summed E-state index contributed by atoms with van der Waals surface area (Å²) in [6.45, 7) is 1.90. The Kier molecular flexibility index (Phi) is 5.68. The summed E-state index contributed by atoms with van der Waals surface area (Å²) in [4.78, 5) is 17.4. The van der Waals surface area contributed by atoms with Gasteiger partial charge in [-0.25, -0.2) is 4.98 Å². The van der Waals surface area contributed by atoms with Gasteiger partial charge in [0.05, 0.1) is 6.04 Å². The number of pyridine rings is 1. The highest BCUT2D eigenvalue weighted by molar-refractivity contribution is 5.78. The van der Waals surface area contributed by atoms with E-state index in [1.807, 2.05) is 96.4 Å². The maximum absolute atomic E-state index is 12.7. The van der Waals surface area contributed by atoms with Crippen LogP contribution in [-0.2, 0) is 11.2 Å². The molecule has 5 rings (SSSR count). The predicted octanol–water partition coefficient (Wildman–Crippen LogP) is 4.86. The molecule has 7 heteroatoms. The molecule has 0 fully saturated rings. The Hall–Kier alpha value is -4.26. The summed E-state index contributed by atoms with van der Waals surface area (Å²) in [5.74, 6) is 1.83. The van der Waals surface area contributed by atoms with E-state index in [2.05, 4.69) is 15.5 Å². The number of carbonyl (C=O) groups excluding carboxylic acids is 1. The smallest absolute Gasteiger partial charge is 0.221 e. The first kappa shape index (κ1) is 20.6. The second-order valence-electron chi connectivity index (χ2n) is 7.79. The van der Waals surface area contributed by atoms with E-state index < -0.39 is 0 Å². The molecule has 0 spiro atoms. The third-order valence-corrected chi connectivity index (χ3v) is 5.43. The highest BCUT2D eigenvalue weighted by Gasteiger charge is 2.19. The number of hydrogen-bond acceptors (Lipinski definition) is 5. The second-order valence-corrected chi connectivity index (χ2v) is 7.79. The van der Waals surface area contributed by atoms with Crippen LogP contribution in [0.3, 0.4) is 0 Å². The molecular weight excluding hydrogens is 414 g/mol. The average Bonchev–Trinajstić information content (AvgIpc) is 3.49.